The standard InChI is InChI=1S/C26H30N2O5/c29-24(6-3-15-27-26(32)28-16-20-4-1-2-5-21(20)17-28)18-7-11-22(12-8-18)33-23-13-9-19(10-14-23)25(30)31/h1-2,4-5,7-8,11-12,19,23H,3,6,9-10,13-17H2,(H,27,32)(H,30,31). The molecule has 0 atom stereocenters. The molecule has 1 aliphatic heterocycles. The lowest BCUT2D eigenvalue weighted by atomic mass is 9.87. The molecule has 2 aromatic carbocycles. The van der Waals surface area contributed by atoms with E-state index >= 15 is 0 Å². The molecule has 33 heavy (non-hydrogen) atoms. The zero-order valence-electron chi connectivity index (χ0n) is 18.7. The summed E-state index contributed by atoms with van der Waals surface area (Å²) in [4.78, 5) is 37.7. The molecule has 1 fully saturated rings. The molecule has 1 heterocycles. The number of hydrogen-bond donors (Lipinski definition) is 2. The molecule has 0 bridgehead atoms. The summed E-state index contributed by atoms with van der Waals surface area (Å²) in [6.07, 6.45) is 3.69. The van der Waals surface area contributed by atoms with Crippen LogP contribution in [0.2, 0.25) is 0 Å². The summed E-state index contributed by atoms with van der Waals surface area (Å²) in [6, 6.07) is 15.1. The van der Waals surface area contributed by atoms with Gasteiger partial charge in [-0.05, 0) is 67.5 Å². The number of hydrogen-bond acceptors (Lipinski definition) is 4. The molecule has 4 rings (SSSR count). The van der Waals surface area contributed by atoms with Gasteiger partial charge in [0.2, 0.25) is 0 Å². The van der Waals surface area contributed by atoms with Gasteiger partial charge >= 0.3 is 12.0 Å². The van der Waals surface area contributed by atoms with Crippen LogP contribution < -0.4 is 10.1 Å². The highest BCUT2D eigenvalue weighted by molar-refractivity contribution is 5.96. The zero-order valence-corrected chi connectivity index (χ0v) is 18.7. The number of nitrogens with zero attached hydrogens (tertiary/aromatic N) is 1. The number of carboxylic acid groups (broad SMARTS) is 1. The Labute approximate surface area is 193 Å². The minimum absolute atomic E-state index is 0.0224. The summed E-state index contributed by atoms with van der Waals surface area (Å²) in [6.45, 7) is 1.70. The first-order chi connectivity index (χ1) is 16.0. The van der Waals surface area contributed by atoms with Crippen molar-refractivity contribution in [2.45, 2.75) is 57.7 Å². The van der Waals surface area contributed by atoms with E-state index in [2.05, 4.69) is 5.32 Å². The molecule has 1 aliphatic carbocycles. The lowest BCUT2D eigenvalue weighted by Crippen LogP contribution is -2.37. The van der Waals surface area contributed by atoms with Crippen molar-refractivity contribution in [1.29, 1.82) is 0 Å². The van der Waals surface area contributed by atoms with Gasteiger partial charge in [-0.15, -0.1) is 0 Å². The Morgan fingerprint density at radius 1 is 0.939 bits per heavy atom. The van der Waals surface area contributed by atoms with Crippen LogP contribution in [0.1, 0.15) is 60.0 Å². The van der Waals surface area contributed by atoms with Gasteiger partial charge in [-0.1, -0.05) is 24.3 Å². The van der Waals surface area contributed by atoms with Crippen molar-refractivity contribution >= 4 is 17.8 Å². The fourth-order valence-corrected chi connectivity index (χ4v) is 4.52. The highest BCUT2D eigenvalue weighted by atomic mass is 16.5. The largest absolute Gasteiger partial charge is 0.490 e. The Balaban J connectivity index is 1.15. The lowest BCUT2D eigenvalue weighted by Gasteiger charge is -2.26. The number of fused-ring (bicyclic) bond motifs is 1. The Bertz CT molecular complexity index is 971. The number of rotatable bonds is 8. The normalized spacial score (nSPS) is 19.6. The number of carbonyl (C=O) groups is 3. The van der Waals surface area contributed by atoms with E-state index in [1.165, 1.54) is 11.1 Å². The third kappa shape index (κ3) is 5.92. The second kappa shape index (κ2) is 10.5. The van der Waals surface area contributed by atoms with Crippen molar-refractivity contribution < 1.29 is 24.2 Å². The number of Topliss-reactive ketones (excluding diaryl/α,β-unsaturated/α-hetero) is 1. The molecule has 0 saturated heterocycles. The van der Waals surface area contributed by atoms with Gasteiger partial charge in [-0.3, -0.25) is 9.59 Å². The summed E-state index contributed by atoms with van der Waals surface area (Å²) in [5.74, 6) is -0.255. The smallest absolute Gasteiger partial charge is 0.318 e. The second-order valence-electron chi connectivity index (χ2n) is 8.84. The fraction of sp³-hybridized carbons (Fsp3) is 0.423. The first kappa shape index (κ1) is 22.8. The van der Waals surface area contributed by atoms with Crippen molar-refractivity contribution in [3.63, 3.8) is 0 Å². The molecule has 0 spiro atoms. The summed E-state index contributed by atoms with van der Waals surface area (Å²) < 4.78 is 5.96. The van der Waals surface area contributed by atoms with Crippen LogP contribution in [0.4, 0.5) is 4.79 Å². The quantitative estimate of drug-likeness (QED) is 0.459. The monoisotopic (exact) mass is 450 g/mol. The number of ether oxygens (including phenoxy) is 1. The highest BCUT2D eigenvalue weighted by Crippen LogP contribution is 2.28. The Morgan fingerprint density at radius 3 is 2.18 bits per heavy atom. The van der Waals surface area contributed by atoms with Crippen molar-refractivity contribution in [3.8, 4) is 5.75 Å². The maximum Gasteiger partial charge on any atom is 0.318 e. The number of ketones is 1. The Kier molecular flexibility index (Phi) is 7.27. The molecule has 0 unspecified atom stereocenters. The molecule has 2 aliphatic rings. The molecule has 174 valence electrons. The van der Waals surface area contributed by atoms with Gasteiger partial charge in [-0.25, -0.2) is 4.79 Å². The van der Waals surface area contributed by atoms with E-state index in [-0.39, 0.29) is 23.8 Å². The van der Waals surface area contributed by atoms with Crippen LogP contribution in [-0.2, 0) is 17.9 Å². The molecular weight excluding hydrogens is 420 g/mol. The highest BCUT2D eigenvalue weighted by Gasteiger charge is 2.27. The third-order valence-corrected chi connectivity index (χ3v) is 6.49. The van der Waals surface area contributed by atoms with Crippen LogP contribution in [-0.4, -0.2) is 40.4 Å². The van der Waals surface area contributed by atoms with Gasteiger partial charge in [0.25, 0.3) is 0 Å². The number of carboxylic acids is 1. The Hall–Kier alpha value is -3.35. The van der Waals surface area contributed by atoms with Gasteiger partial charge < -0.3 is 20.1 Å². The number of benzene rings is 2. The average Bonchev–Trinajstić information content (AvgIpc) is 3.27. The molecule has 2 aromatic rings. The Morgan fingerprint density at radius 2 is 1.58 bits per heavy atom. The molecule has 7 nitrogen and oxygen atoms in total. The SMILES string of the molecule is O=C(CCCNC(=O)N1Cc2ccccc2C1)c1ccc(OC2CCC(C(=O)O)CC2)cc1. The van der Waals surface area contributed by atoms with E-state index < -0.39 is 5.97 Å². The van der Waals surface area contributed by atoms with Gasteiger partial charge in [0.1, 0.15) is 5.75 Å². The molecule has 0 aromatic heterocycles. The summed E-state index contributed by atoms with van der Waals surface area (Å²) in [5.41, 5.74) is 2.99. The fourth-order valence-electron chi connectivity index (χ4n) is 4.52. The van der Waals surface area contributed by atoms with E-state index in [0.717, 1.165) is 12.8 Å². The van der Waals surface area contributed by atoms with Crippen LogP contribution in [0.5, 0.6) is 5.75 Å². The second-order valence-corrected chi connectivity index (χ2v) is 8.84. The molecule has 7 heteroatoms. The topological polar surface area (TPSA) is 95.9 Å². The number of nitrogens with one attached hydrogen (secondary N) is 1. The molecule has 2 amide bonds. The number of urea groups is 1. The maximum atomic E-state index is 12.5. The van der Waals surface area contributed by atoms with Crippen LogP contribution in [0.15, 0.2) is 48.5 Å². The van der Waals surface area contributed by atoms with E-state index in [1.54, 1.807) is 29.2 Å². The molecule has 2 N–H and O–H groups in total. The number of amides is 2. The minimum Gasteiger partial charge on any atom is -0.490 e. The molecule has 0 radical (unpaired) electrons. The minimum atomic E-state index is -0.725. The van der Waals surface area contributed by atoms with E-state index in [4.69, 9.17) is 9.84 Å². The predicted octanol–water partition coefficient (Wildman–Crippen LogP) is 4.40. The van der Waals surface area contributed by atoms with Crippen molar-refractivity contribution in [2.75, 3.05) is 6.54 Å². The van der Waals surface area contributed by atoms with Crippen molar-refractivity contribution in [2.24, 2.45) is 5.92 Å². The number of carbonyl (C=O) groups excluding carboxylic acids is 2. The zero-order chi connectivity index (χ0) is 23.2. The van der Waals surface area contributed by atoms with Crippen molar-refractivity contribution in [1.82, 2.24) is 10.2 Å². The lowest BCUT2D eigenvalue weighted by molar-refractivity contribution is -0.143. The predicted molar refractivity (Wildman–Crippen MR) is 123 cm³/mol. The van der Waals surface area contributed by atoms with Crippen LogP contribution in [0, 0.1) is 5.92 Å². The average molecular weight is 451 g/mol. The maximum absolute atomic E-state index is 12.5. The summed E-state index contributed by atoms with van der Waals surface area (Å²) >= 11 is 0. The van der Waals surface area contributed by atoms with Gasteiger partial charge in [-0.2, -0.15) is 0 Å². The van der Waals surface area contributed by atoms with Crippen LogP contribution in [0.3, 0.4) is 0 Å². The van der Waals surface area contributed by atoms with Gasteiger partial charge in [0.05, 0.1) is 12.0 Å². The van der Waals surface area contributed by atoms with Gasteiger partial charge in [0.15, 0.2) is 5.78 Å². The third-order valence-electron chi connectivity index (χ3n) is 6.49. The van der Waals surface area contributed by atoms with E-state index in [9.17, 15) is 14.4 Å². The first-order valence-electron chi connectivity index (χ1n) is 11.6. The molecular formula is C26H30N2O5. The van der Waals surface area contributed by atoms with Crippen LogP contribution in [0.25, 0.3) is 0 Å². The van der Waals surface area contributed by atoms with Gasteiger partial charge in [0, 0.05) is 31.6 Å². The van der Waals surface area contributed by atoms with E-state index in [0.29, 0.717) is 56.6 Å². The summed E-state index contributed by atoms with van der Waals surface area (Å²) in [5, 5.41) is 12.0. The summed E-state index contributed by atoms with van der Waals surface area (Å²) in [7, 11) is 0. The van der Waals surface area contributed by atoms with Crippen molar-refractivity contribution in [3.05, 3.63) is 65.2 Å². The van der Waals surface area contributed by atoms with Crippen LogP contribution >= 0.6 is 0 Å². The number of aliphatic carboxylic acids is 1. The first-order valence-corrected chi connectivity index (χ1v) is 11.6. The van der Waals surface area contributed by atoms with E-state index in [1.807, 2.05) is 24.3 Å². The molecule has 1 saturated carbocycles.